The number of halogens is 3. The quantitative estimate of drug-likeness (QED) is 0.862. The number of aromatic nitrogens is 4. The number of imidazole rings is 1. The Morgan fingerprint density at radius 3 is 2.83 bits per heavy atom. The van der Waals surface area contributed by atoms with Gasteiger partial charge in [-0.15, -0.1) is 0 Å². The zero-order valence-electron chi connectivity index (χ0n) is 12.3. The highest BCUT2D eigenvalue weighted by Crippen LogP contribution is 2.29. The van der Waals surface area contributed by atoms with Crippen LogP contribution in [-0.2, 0) is 30.6 Å². The second-order valence-corrected chi connectivity index (χ2v) is 5.46. The largest absolute Gasteiger partial charge is 0.435 e. The fraction of sp³-hybridized carbons (Fsp3) is 0.500. The Balaban J connectivity index is 1.56. The van der Waals surface area contributed by atoms with E-state index in [1.807, 2.05) is 10.8 Å². The zero-order chi connectivity index (χ0) is 16.4. The molecule has 0 aromatic carbocycles. The van der Waals surface area contributed by atoms with Crippen molar-refractivity contribution in [2.24, 2.45) is 0 Å². The van der Waals surface area contributed by atoms with Crippen molar-refractivity contribution in [2.75, 3.05) is 6.54 Å². The van der Waals surface area contributed by atoms with Gasteiger partial charge in [0.2, 0.25) is 5.91 Å². The van der Waals surface area contributed by atoms with E-state index in [-0.39, 0.29) is 12.5 Å². The third-order valence-corrected chi connectivity index (χ3v) is 3.81. The maximum atomic E-state index is 12.7. The topological polar surface area (TPSA) is 56.0 Å². The number of fused-ring (bicyclic) bond motifs is 1. The molecule has 0 fully saturated rings. The van der Waals surface area contributed by atoms with Crippen molar-refractivity contribution in [2.45, 2.75) is 38.7 Å². The van der Waals surface area contributed by atoms with Gasteiger partial charge in [0.05, 0.1) is 25.1 Å². The van der Waals surface area contributed by atoms with Gasteiger partial charge in [0.1, 0.15) is 0 Å². The number of alkyl halides is 3. The number of carbonyl (C=O) groups excluding carboxylic acids is 1. The molecule has 0 aliphatic carbocycles. The molecular weight excluding hydrogens is 311 g/mol. The van der Waals surface area contributed by atoms with Gasteiger partial charge in [-0.1, -0.05) is 0 Å². The van der Waals surface area contributed by atoms with E-state index in [2.05, 4.69) is 10.1 Å². The molecule has 23 heavy (non-hydrogen) atoms. The van der Waals surface area contributed by atoms with E-state index in [1.54, 1.807) is 17.4 Å². The lowest BCUT2D eigenvalue weighted by Gasteiger charge is -2.27. The monoisotopic (exact) mass is 327 g/mol. The Labute approximate surface area is 130 Å². The summed E-state index contributed by atoms with van der Waals surface area (Å²) in [6.45, 7) is 1.54. The van der Waals surface area contributed by atoms with Gasteiger partial charge in [-0.05, 0) is 12.5 Å². The summed E-state index contributed by atoms with van der Waals surface area (Å²) in [5.74, 6) is -0.0499. The van der Waals surface area contributed by atoms with Crippen LogP contribution in [0.2, 0.25) is 0 Å². The van der Waals surface area contributed by atoms with E-state index in [1.165, 1.54) is 4.68 Å². The lowest BCUT2D eigenvalue weighted by atomic mass is 10.2. The molecule has 6 nitrogen and oxygen atoms in total. The second kappa shape index (κ2) is 6.05. The predicted octanol–water partition coefficient (Wildman–Crippen LogP) is 1.92. The first-order valence-corrected chi connectivity index (χ1v) is 7.31. The maximum Gasteiger partial charge on any atom is 0.435 e. The average molecular weight is 327 g/mol. The number of aryl methyl sites for hydroxylation is 1. The summed E-state index contributed by atoms with van der Waals surface area (Å²) in [6.07, 6.45) is 1.75. The van der Waals surface area contributed by atoms with Crippen LogP contribution in [0.5, 0.6) is 0 Å². The lowest BCUT2D eigenvalue weighted by Crippen LogP contribution is -2.38. The molecule has 0 saturated heterocycles. The van der Waals surface area contributed by atoms with E-state index < -0.39 is 11.9 Å². The first-order valence-electron chi connectivity index (χ1n) is 7.31. The fourth-order valence-corrected chi connectivity index (χ4v) is 2.61. The molecular formula is C14H16F3N5O. The molecule has 0 saturated carbocycles. The third-order valence-electron chi connectivity index (χ3n) is 3.81. The fourth-order valence-electron chi connectivity index (χ4n) is 2.61. The van der Waals surface area contributed by atoms with Crippen LogP contribution in [0.1, 0.15) is 24.2 Å². The summed E-state index contributed by atoms with van der Waals surface area (Å²) in [5.41, 5.74) is -0.478. The molecule has 0 N–H and O–H groups in total. The first-order chi connectivity index (χ1) is 10.9. The standard InChI is InChI=1S/C14H16F3N5O/c15-14(16,17)12-8-11-9-21(6-7-22(11)19-12)13(23)2-1-4-20-5-3-18-10-20/h3,5,8,10H,1-2,4,6-7,9H2. The van der Waals surface area contributed by atoms with E-state index in [0.717, 1.165) is 6.07 Å². The molecule has 3 rings (SSSR count). The molecule has 1 amide bonds. The Morgan fingerprint density at radius 1 is 1.30 bits per heavy atom. The van der Waals surface area contributed by atoms with Crippen molar-refractivity contribution in [3.05, 3.63) is 36.2 Å². The molecule has 0 atom stereocenters. The van der Waals surface area contributed by atoms with Gasteiger partial charge in [-0.25, -0.2) is 4.98 Å². The van der Waals surface area contributed by atoms with Crippen molar-refractivity contribution in [3.63, 3.8) is 0 Å². The maximum absolute atomic E-state index is 12.7. The van der Waals surface area contributed by atoms with E-state index in [9.17, 15) is 18.0 Å². The number of hydrogen-bond acceptors (Lipinski definition) is 3. The molecule has 0 unspecified atom stereocenters. The van der Waals surface area contributed by atoms with Crippen molar-refractivity contribution in [3.8, 4) is 0 Å². The molecule has 1 aliphatic rings. The number of nitrogens with zero attached hydrogens (tertiary/aromatic N) is 5. The van der Waals surface area contributed by atoms with E-state index >= 15 is 0 Å². The van der Waals surface area contributed by atoms with Crippen LogP contribution < -0.4 is 0 Å². The number of hydrogen-bond donors (Lipinski definition) is 0. The summed E-state index contributed by atoms with van der Waals surface area (Å²) in [5, 5.41) is 3.56. The smallest absolute Gasteiger partial charge is 0.337 e. The van der Waals surface area contributed by atoms with Crippen molar-refractivity contribution < 1.29 is 18.0 Å². The third kappa shape index (κ3) is 3.54. The summed E-state index contributed by atoms with van der Waals surface area (Å²) in [4.78, 5) is 17.7. The Bertz CT molecular complexity index is 677. The summed E-state index contributed by atoms with van der Waals surface area (Å²) in [7, 11) is 0. The highest BCUT2D eigenvalue weighted by atomic mass is 19.4. The summed E-state index contributed by atoms with van der Waals surface area (Å²) in [6, 6.07) is 1.02. The van der Waals surface area contributed by atoms with Gasteiger partial charge in [0, 0.05) is 31.9 Å². The van der Waals surface area contributed by atoms with Crippen molar-refractivity contribution in [1.82, 2.24) is 24.2 Å². The SMILES string of the molecule is O=C(CCCn1ccnc1)N1CCn2nc(C(F)(F)F)cc2C1. The molecule has 9 heteroatoms. The van der Waals surface area contributed by atoms with Crippen LogP contribution >= 0.6 is 0 Å². The molecule has 1 aliphatic heterocycles. The minimum absolute atomic E-state index is 0.0499. The van der Waals surface area contributed by atoms with Gasteiger partial charge in [0.15, 0.2) is 5.69 Å². The van der Waals surface area contributed by atoms with Gasteiger partial charge in [-0.3, -0.25) is 9.48 Å². The highest BCUT2D eigenvalue weighted by molar-refractivity contribution is 5.76. The van der Waals surface area contributed by atoms with Crippen LogP contribution in [0.3, 0.4) is 0 Å². The van der Waals surface area contributed by atoms with Gasteiger partial charge >= 0.3 is 6.18 Å². The lowest BCUT2D eigenvalue weighted by molar-refractivity contribution is -0.141. The molecule has 3 heterocycles. The van der Waals surface area contributed by atoms with Crippen molar-refractivity contribution in [1.29, 1.82) is 0 Å². The minimum atomic E-state index is -4.45. The molecule has 0 bridgehead atoms. The number of carbonyl (C=O) groups is 1. The minimum Gasteiger partial charge on any atom is -0.337 e. The Kier molecular flexibility index (Phi) is 4.10. The van der Waals surface area contributed by atoms with E-state index in [4.69, 9.17) is 0 Å². The van der Waals surface area contributed by atoms with Gasteiger partial charge in [0.25, 0.3) is 0 Å². The molecule has 0 spiro atoms. The number of rotatable bonds is 4. The Morgan fingerprint density at radius 2 is 2.13 bits per heavy atom. The average Bonchev–Trinajstić information content (AvgIpc) is 3.14. The van der Waals surface area contributed by atoms with Crippen LogP contribution in [-0.4, -0.2) is 36.7 Å². The number of amides is 1. The molecule has 0 radical (unpaired) electrons. The molecule has 124 valence electrons. The second-order valence-electron chi connectivity index (χ2n) is 5.46. The zero-order valence-corrected chi connectivity index (χ0v) is 12.3. The summed E-state index contributed by atoms with van der Waals surface area (Å²) >= 11 is 0. The van der Waals surface area contributed by atoms with Gasteiger partial charge in [-0.2, -0.15) is 18.3 Å². The Hall–Kier alpha value is -2.32. The normalized spacial score (nSPS) is 14.8. The van der Waals surface area contributed by atoms with E-state index in [0.29, 0.717) is 38.2 Å². The van der Waals surface area contributed by atoms with Crippen LogP contribution in [0.4, 0.5) is 13.2 Å². The van der Waals surface area contributed by atoms with Crippen molar-refractivity contribution >= 4 is 5.91 Å². The van der Waals surface area contributed by atoms with Gasteiger partial charge < -0.3 is 9.47 Å². The van der Waals surface area contributed by atoms with Crippen LogP contribution in [0.15, 0.2) is 24.8 Å². The first kappa shape index (κ1) is 15.6. The van der Waals surface area contributed by atoms with Crippen LogP contribution in [0, 0.1) is 0 Å². The highest BCUT2D eigenvalue weighted by Gasteiger charge is 2.36. The van der Waals surface area contributed by atoms with Crippen LogP contribution in [0.25, 0.3) is 0 Å². The molecule has 2 aromatic rings. The predicted molar refractivity (Wildman–Crippen MR) is 74.1 cm³/mol. The molecule has 2 aromatic heterocycles. The summed E-state index contributed by atoms with van der Waals surface area (Å²) < 4.78 is 41.2.